The third-order valence-corrected chi connectivity index (χ3v) is 3.24. The quantitative estimate of drug-likeness (QED) is 0.611. The van der Waals surface area contributed by atoms with Gasteiger partial charge >= 0.3 is 0 Å². The van der Waals surface area contributed by atoms with Gasteiger partial charge in [-0.1, -0.05) is 12.1 Å². The second-order valence-corrected chi connectivity index (χ2v) is 5.21. The van der Waals surface area contributed by atoms with Gasteiger partial charge in [-0.2, -0.15) is 0 Å². The van der Waals surface area contributed by atoms with Crippen LogP contribution in [0.2, 0.25) is 0 Å². The van der Waals surface area contributed by atoms with Crippen LogP contribution in [-0.4, -0.2) is 51.6 Å². The van der Waals surface area contributed by atoms with Crippen molar-refractivity contribution < 1.29 is 9.53 Å². The molecule has 6 heteroatoms. The Balaban J connectivity index is 2.49. The van der Waals surface area contributed by atoms with Crippen molar-refractivity contribution in [3.05, 3.63) is 29.3 Å². The zero-order valence-electron chi connectivity index (χ0n) is 14.1. The number of ether oxygens (including phenoxy) is 1. The van der Waals surface area contributed by atoms with E-state index in [-0.39, 0.29) is 5.91 Å². The van der Waals surface area contributed by atoms with E-state index in [2.05, 4.69) is 15.6 Å². The molecule has 0 aliphatic heterocycles. The number of nitrogens with zero attached hydrogens (tertiary/aromatic N) is 2. The summed E-state index contributed by atoms with van der Waals surface area (Å²) in [6.45, 7) is 3.18. The van der Waals surface area contributed by atoms with E-state index >= 15 is 0 Å². The molecular formula is C16H26N4O2. The van der Waals surface area contributed by atoms with Gasteiger partial charge in [-0.15, -0.1) is 0 Å². The van der Waals surface area contributed by atoms with Gasteiger partial charge in [-0.3, -0.25) is 9.79 Å². The highest BCUT2D eigenvalue weighted by Crippen LogP contribution is 2.19. The van der Waals surface area contributed by atoms with E-state index in [1.165, 1.54) is 0 Å². The summed E-state index contributed by atoms with van der Waals surface area (Å²) >= 11 is 0. The molecule has 0 saturated heterocycles. The fourth-order valence-corrected chi connectivity index (χ4v) is 1.91. The van der Waals surface area contributed by atoms with Gasteiger partial charge in [0.2, 0.25) is 5.91 Å². The van der Waals surface area contributed by atoms with Gasteiger partial charge in [-0.25, -0.2) is 0 Å². The number of aryl methyl sites for hydroxylation is 1. The lowest BCUT2D eigenvalue weighted by Gasteiger charge is -2.15. The maximum Gasteiger partial charge on any atom is 0.223 e. The van der Waals surface area contributed by atoms with Gasteiger partial charge in [0, 0.05) is 46.2 Å². The zero-order chi connectivity index (χ0) is 16.5. The molecule has 122 valence electrons. The Kier molecular flexibility index (Phi) is 7.22. The molecule has 2 N–H and O–H groups in total. The predicted octanol–water partition coefficient (Wildman–Crippen LogP) is 1.15. The number of benzene rings is 1. The Bertz CT molecular complexity index is 527. The molecular weight excluding hydrogens is 280 g/mol. The summed E-state index contributed by atoms with van der Waals surface area (Å²) < 4.78 is 5.38. The number of carbonyl (C=O) groups is 1. The molecule has 0 fully saturated rings. The van der Waals surface area contributed by atoms with Crippen molar-refractivity contribution in [1.82, 2.24) is 15.5 Å². The van der Waals surface area contributed by atoms with Gasteiger partial charge in [0.05, 0.1) is 7.11 Å². The van der Waals surface area contributed by atoms with Crippen LogP contribution in [0.4, 0.5) is 0 Å². The molecule has 1 aromatic carbocycles. The molecule has 0 spiro atoms. The van der Waals surface area contributed by atoms with Crippen molar-refractivity contribution in [2.45, 2.75) is 19.9 Å². The molecule has 1 amide bonds. The predicted molar refractivity (Wildman–Crippen MR) is 89.2 cm³/mol. The molecule has 0 radical (unpaired) electrons. The standard InChI is InChI=1S/C16H26N4O2/c1-12-6-7-13(14(10-12)22-5)11-19-16(17-2)18-9-8-15(21)20(3)4/h6-7,10H,8-9,11H2,1-5H3,(H2,17,18,19). The zero-order valence-corrected chi connectivity index (χ0v) is 14.1. The Morgan fingerprint density at radius 1 is 1.32 bits per heavy atom. The monoisotopic (exact) mass is 306 g/mol. The highest BCUT2D eigenvalue weighted by atomic mass is 16.5. The molecule has 1 aromatic rings. The number of nitrogens with one attached hydrogen (secondary N) is 2. The Morgan fingerprint density at radius 2 is 2.05 bits per heavy atom. The van der Waals surface area contributed by atoms with Crippen LogP contribution in [0.25, 0.3) is 0 Å². The van der Waals surface area contributed by atoms with E-state index in [0.717, 1.165) is 16.9 Å². The lowest BCUT2D eigenvalue weighted by atomic mass is 10.1. The third kappa shape index (κ3) is 5.63. The van der Waals surface area contributed by atoms with E-state index in [1.807, 2.05) is 25.1 Å². The topological polar surface area (TPSA) is 66.0 Å². The van der Waals surface area contributed by atoms with Gasteiger partial charge in [0.1, 0.15) is 5.75 Å². The number of carbonyl (C=O) groups excluding carboxylic acids is 1. The molecule has 22 heavy (non-hydrogen) atoms. The Labute approximate surface area is 132 Å². The van der Waals surface area contributed by atoms with Crippen LogP contribution in [0.5, 0.6) is 5.75 Å². The number of methoxy groups -OCH3 is 1. The lowest BCUT2D eigenvalue weighted by molar-refractivity contribution is -0.128. The number of amides is 1. The van der Waals surface area contributed by atoms with Gasteiger partial charge in [0.15, 0.2) is 5.96 Å². The number of aliphatic imine (C=N–C) groups is 1. The molecule has 0 unspecified atom stereocenters. The second kappa shape index (κ2) is 8.92. The Hall–Kier alpha value is -2.24. The average molecular weight is 306 g/mol. The van der Waals surface area contributed by atoms with Crippen molar-refractivity contribution in [2.24, 2.45) is 4.99 Å². The summed E-state index contributed by atoms with van der Waals surface area (Å²) in [4.78, 5) is 17.2. The number of hydrogen-bond donors (Lipinski definition) is 2. The molecule has 0 aliphatic rings. The highest BCUT2D eigenvalue weighted by Gasteiger charge is 2.06. The van der Waals surface area contributed by atoms with Crippen molar-refractivity contribution in [1.29, 1.82) is 0 Å². The molecule has 1 rings (SSSR count). The van der Waals surface area contributed by atoms with Crippen molar-refractivity contribution in [3.63, 3.8) is 0 Å². The second-order valence-electron chi connectivity index (χ2n) is 5.21. The van der Waals surface area contributed by atoms with E-state index < -0.39 is 0 Å². The largest absolute Gasteiger partial charge is 0.496 e. The first-order chi connectivity index (χ1) is 10.5. The molecule has 0 saturated carbocycles. The van der Waals surface area contributed by atoms with Gasteiger partial charge in [0.25, 0.3) is 0 Å². The van der Waals surface area contributed by atoms with E-state index in [4.69, 9.17) is 4.74 Å². The summed E-state index contributed by atoms with van der Waals surface area (Å²) in [6, 6.07) is 6.08. The van der Waals surface area contributed by atoms with Crippen molar-refractivity contribution >= 4 is 11.9 Å². The average Bonchev–Trinajstić information content (AvgIpc) is 2.51. The molecule has 6 nitrogen and oxygen atoms in total. The van der Waals surface area contributed by atoms with Gasteiger partial charge < -0.3 is 20.3 Å². The number of guanidine groups is 1. The van der Waals surface area contributed by atoms with Crippen LogP contribution < -0.4 is 15.4 Å². The summed E-state index contributed by atoms with van der Waals surface area (Å²) in [6.07, 6.45) is 0.432. The van der Waals surface area contributed by atoms with Crippen LogP contribution in [-0.2, 0) is 11.3 Å². The molecule has 0 aromatic heterocycles. The normalized spacial score (nSPS) is 11.0. The van der Waals surface area contributed by atoms with Crippen LogP contribution in [0, 0.1) is 6.92 Å². The minimum atomic E-state index is 0.0863. The van der Waals surface area contributed by atoms with E-state index in [0.29, 0.717) is 25.5 Å². The number of rotatable bonds is 6. The van der Waals surface area contributed by atoms with Gasteiger partial charge in [-0.05, 0) is 18.6 Å². The first-order valence-corrected chi connectivity index (χ1v) is 7.26. The lowest BCUT2D eigenvalue weighted by Crippen LogP contribution is -2.38. The fourth-order valence-electron chi connectivity index (χ4n) is 1.91. The first-order valence-electron chi connectivity index (χ1n) is 7.26. The van der Waals surface area contributed by atoms with E-state index in [1.54, 1.807) is 33.2 Å². The summed E-state index contributed by atoms with van der Waals surface area (Å²) in [5.41, 5.74) is 2.21. The van der Waals surface area contributed by atoms with Crippen molar-refractivity contribution in [3.8, 4) is 5.75 Å². The number of hydrogen-bond acceptors (Lipinski definition) is 3. The summed E-state index contributed by atoms with van der Waals surface area (Å²) in [7, 11) is 6.87. The first kappa shape index (κ1) is 17.8. The maximum absolute atomic E-state index is 11.5. The minimum absolute atomic E-state index is 0.0863. The van der Waals surface area contributed by atoms with Crippen LogP contribution >= 0.6 is 0 Å². The summed E-state index contributed by atoms with van der Waals surface area (Å²) in [5, 5.41) is 6.34. The van der Waals surface area contributed by atoms with Crippen molar-refractivity contribution in [2.75, 3.05) is 34.8 Å². The molecule has 0 bridgehead atoms. The maximum atomic E-state index is 11.5. The van der Waals surface area contributed by atoms with E-state index in [9.17, 15) is 4.79 Å². The SMILES string of the molecule is CN=C(NCCC(=O)N(C)C)NCc1ccc(C)cc1OC. The Morgan fingerprint density at radius 3 is 2.64 bits per heavy atom. The van der Waals surface area contributed by atoms with Crippen LogP contribution in [0.1, 0.15) is 17.5 Å². The highest BCUT2D eigenvalue weighted by molar-refractivity contribution is 5.81. The summed E-state index contributed by atoms with van der Waals surface area (Å²) in [5.74, 6) is 1.60. The smallest absolute Gasteiger partial charge is 0.223 e. The molecule has 0 heterocycles. The molecule has 0 aliphatic carbocycles. The fraction of sp³-hybridized carbons (Fsp3) is 0.500. The minimum Gasteiger partial charge on any atom is -0.496 e. The van der Waals surface area contributed by atoms with Crippen LogP contribution in [0.15, 0.2) is 23.2 Å². The van der Waals surface area contributed by atoms with Crippen LogP contribution in [0.3, 0.4) is 0 Å². The molecule has 0 atom stereocenters. The third-order valence-electron chi connectivity index (χ3n) is 3.24.